The Hall–Kier alpha value is -5.06. The molecule has 0 radical (unpaired) electrons. The van der Waals surface area contributed by atoms with E-state index >= 15 is 0 Å². The van der Waals surface area contributed by atoms with Crippen LogP contribution in [0.4, 0.5) is 11.6 Å². The van der Waals surface area contributed by atoms with Crippen LogP contribution in [0.3, 0.4) is 0 Å². The van der Waals surface area contributed by atoms with Crippen molar-refractivity contribution in [3.05, 3.63) is 72.6 Å². The zero-order valence-corrected chi connectivity index (χ0v) is 27.0. The number of nitrogens with one attached hydrogen (secondary N) is 1. The summed E-state index contributed by atoms with van der Waals surface area (Å²) in [6, 6.07) is 13.5. The zero-order chi connectivity index (χ0) is 32.8. The molecule has 0 aliphatic carbocycles. The minimum absolute atomic E-state index is 0.0193. The van der Waals surface area contributed by atoms with Crippen LogP contribution in [0.5, 0.6) is 11.5 Å². The molecule has 2 aromatic heterocycles. The fourth-order valence-corrected chi connectivity index (χ4v) is 6.13. The van der Waals surface area contributed by atoms with Gasteiger partial charge in [-0.25, -0.2) is 19.6 Å². The lowest BCUT2D eigenvalue weighted by atomic mass is 10.0. The van der Waals surface area contributed by atoms with Gasteiger partial charge < -0.3 is 24.6 Å². The predicted octanol–water partition coefficient (Wildman–Crippen LogP) is 3.68. The van der Waals surface area contributed by atoms with Gasteiger partial charge in [0, 0.05) is 68.8 Å². The Morgan fingerprint density at radius 1 is 1.02 bits per heavy atom. The number of benzene rings is 2. The van der Waals surface area contributed by atoms with Gasteiger partial charge in [0.15, 0.2) is 0 Å². The highest BCUT2D eigenvalue weighted by molar-refractivity contribution is 5.95. The molecule has 0 saturated carbocycles. The van der Waals surface area contributed by atoms with Crippen LogP contribution in [0.1, 0.15) is 35.7 Å². The summed E-state index contributed by atoms with van der Waals surface area (Å²) in [5, 5.41) is 16.9. The van der Waals surface area contributed by atoms with Crippen molar-refractivity contribution in [3.63, 3.8) is 0 Å². The number of hydrogen-bond acceptors (Lipinski definition) is 11. The molecule has 1 amide bonds. The number of carbonyl (C=O) groups is 1. The van der Waals surface area contributed by atoms with E-state index in [4.69, 9.17) is 9.47 Å². The molecule has 2 aromatic carbocycles. The molecule has 0 spiro atoms. The highest BCUT2D eigenvalue weighted by atomic mass is 16.5. The molecular formula is C34H40N10O3. The van der Waals surface area contributed by atoms with E-state index < -0.39 is 0 Å². The minimum atomic E-state index is -0.238. The Kier molecular flexibility index (Phi) is 9.89. The number of hydrogen-bond donors (Lipinski definition) is 1. The van der Waals surface area contributed by atoms with Crippen LogP contribution >= 0.6 is 0 Å². The number of rotatable bonds is 10. The number of nitrogens with zero attached hydrogens (tertiary/aromatic N) is 9. The summed E-state index contributed by atoms with van der Waals surface area (Å²) in [4.78, 5) is 33.3. The van der Waals surface area contributed by atoms with Crippen LogP contribution in [0.15, 0.2) is 61.4 Å². The molecule has 13 heteroatoms. The molecule has 4 aromatic rings. The van der Waals surface area contributed by atoms with E-state index in [0.29, 0.717) is 46.8 Å². The molecular weight excluding hydrogens is 596 g/mol. The van der Waals surface area contributed by atoms with Gasteiger partial charge in [0.25, 0.3) is 5.91 Å². The van der Waals surface area contributed by atoms with E-state index in [1.807, 2.05) is 36.1 Å². The molecule has 4 heterocycles. The van der Waals surface area contributed by atoms with Gasteiger partial charge in [0.2, 0.25) is 5.95 Å². The van der Waals surface area contributed by atoms with Crippen LogP contribution in [-0.2, 0) is 6.54 Å². The summed E-state index contributed by atoms with van der Waals surface area (Å²) in [5.74, 6) is 1.40. The summed E-state index contributed by atoms with van der Waals surface area (Å²) in [6.07, 6.45) is 8.26. The van der Waals surface area contributed by atoms with Crippen LogP contribution < -0.4 is 14.8 Å². The molecule has 2 aliphatic rings. The Labute approximate surface area is 274 Å². The summed E-state index contributed by atoms with van der Waals surface area (Å²) in [5.41, 5.74) is 3.25. The van der Waals surface area contributed by atoms with Crippen LogP contribution in [0, 0.1) is 11.3 Å². The second-order valence-corrected chi connectivity index (χ2v) is 12.1. The van der Waals surface area contributed by atoms with Crippen molar-refractivity contribution >= 4 is 17.5 Å². The first-order chi connectivity index (χ1) is 22.9. The predicted molar refractivity (Wildman–Crippen MR) is 177 cm³/mol. The van der Waals surface area contributed by atoms with E-state index in [2.05, 4.69) is 48.3 Å². The first kappa shape index (κ1) is 31.9. The van der Waals surface area contributed by atoms with Gasteiger partial charge >= 0.3 is 0 Å². The van der Waals surface area contributed by atoms with Crippen LogP contribution in [0.25, 0.3) is 11.1 Å². The average Bonchev–Trinajstić information content (AvgIpc) is 3.62. The third kappa shape index (κ3) is 7.67. The van der Waals surface area contributed by atoms with Gasteiger partial charge in [-0.2, -0.15) is 10.4 Å². The molecule has 2 saturated heterocycles. The number of likely N-dealkylation sites (N-methyl/N-ethyl adjacent to an activating group) is 1. The Balaban J connectivity index is 1.08. The van der Waals surface area contributed by atoms with Gasteiger partial charge in [-0.1, -0.05) is 6.07 Å². The summed E-state index contributed by atoms with van der Waals surface area (Å²) < 4.78 is 13.4. The number of piperidine rings is 1. The number of carbonyl (C=O) groups excluding carboxylic acids is 1. The highest BCUT2D eigenvalue weighted by Crippen LogP contribution is 2.31. The quantitative estimate of drug-likeness (QED) is 0.273. The molecule has 0 bridgehead atoms. The Morgan fingerprint density at radius 2 is 1.79 bits per heavy atom. The maximum absolute atomic E-state index is 13.4. The largest absolute Gasteiger partial charge is 0.495 e. The number of ether oxygens (including phenoxy) is 2. The number of nitriles is 1. The van der Waals surface area contributed by atoms with E-state index in [-0.39, 0.29) is 12.0 Å². The molecule has 6 rings (SSSR count). The second-order valence-electron chi connectivity index (χ2n) is 12.1. The maximum Gasteiger partial charge on any atom is 0.253 e. The molecule has 1 N–H and O–H groups in total. The van der Waals surface area contributed by atoms with Crippen molar-refractivity contribution < 1.29 is 14.3 Å². The first-order valence-corrected chi connectivity index (χ1v) is 15.9. The lowest BCUT2D eigenvalue weighted by Gasteiger charge is -2.42. The average molecular weight is 637 g/mol. The zero-order valence-electron chi connectivity index (χ0n) is 27.0. The number of piperazine rings is 1. The molecule has 2 fully saturated rings. The van der Waals surface area contributed by atoms with Crippen molar-refractivity contribution in [2.24, 2.45) is 0 Å². The van der Waals surface area contributed by atoms with E-state index in [9.17, 15) is 10.1 Å². The summed E-state index contributed by atoms with van der Waals surface area (Å²) >= 11 is 0. The molecule has 244 valence electrons. The third-order valence-electron chi connectivity index (χ3n) is 8.83. The number of amides is 1. The van der Waals surface area contributed by atoms with Gasteiger partial charge in [-0.15, -0.1) is 0 Å². The van der Waals surface area contributed by atoms with Crippen molar-refractivity contribution in [2.45, 2.75) is 38.5 Å². The third-order valence-corrected chi connectivity index (χ3v) is 8.83. The summed E-state index contributed by atoms with van der Waals surface area (Å²) in [6.45, 7) is 8.33. The monoisotopic (exact) mass is 636 g/mol. The number of likely N-dealkylation sites (tertiary alicyclic amines) is 1. The lowest BCUT2D eigenvalue weighted by Crippen LogP contribution is -2.52. The molecule has 1 unspecified atom stereocenters. The molecule has 1 atom stereocenters. The topological polar surface area (TPSA) is 138 Å². The fourth-order valence-electron chi connectivity index (χ4n) is 6.13. The normalized spacial score (nSPS) is 16.8. The van der Waals surface area contributed by atoms with E-state index in [1.165, 1.54) is 6.33 Å². The van der Waals surface area contributed by atoms with Crippen LogP contribution in [0.2, 0.25) is 0 Å². The van der Waals surface area contributed by atoms with Crippen molar-refractivity contribution in [3.8, 4) is 28.7 Å². The highest BCUT2D eigenvalue weighted by Gasteiger charge is 2.29. The van der Waals surface area contributed by atoms with Crippen molar-refractivity contribution in [1.29, 1.82) is 5.26 Å². The molecule has 13 nitrogen and oxygen atoms in total. The maximum atomic E-state index is 13.4. The lowest BCUT2D eigenvalue weighted by molar-refractivity contribution is 0.0518. The smallest absolute Gasteiger partial charge is 0.253 e. The molecule has 47 heavy (non-hydrogen) atoms. The summed E-state index contributed by atoms with van der Waals surface area (Å²) in [7, 11) is 3.75. The van der Waals surface area contributed by atoms with Gasteiger partial charge in [0.1, 0.15) is 36.3 Å². The van der Waals surface area contributed by atoms with Crippen molar-refractivity contribution in [2.75, 3.05) is 58.7 Å². The van der Waals surface area contributed by atoms with Crippen molar-refractivity contribution in [1.82, 2.24) is 39.4 Å². The number of aromatic nitrogens is 5. The first-order valence-electron chi connectivity index (χ1n) is 15.9. The van der Waals surface area contributed by atoms with E-state index in [1.54, 1.807) is 42.6 Å². The number of methoxy groups -OCH3 is 1. The standard InChI is InChI=1S/C34H40N10O3/c1-24(21-44-23-36-22-39-44)47-31-16-25(4-5-27(31)18-35)28-19-37-34(38-20-28)40-30-7-6-26(17-32(30)46-3)33(45)43-10-8-29(9-11-43)42-14-12-41(2)13-15-42/h4-7,16-17,19-20,22-24,29H,8-15,21H2,1-3H3,(H,37,38,40). The van der Waals surface area contributed by atoms with Gasteiger partial charge in [-0.05, 0) is 62.7 Å². The Bertz CT molecular complexity index is 1690. The van der Waals surface area contributed by atoms with Gasteiger partial charge in [-0.3, -0.25) is 9.69 Å². The van der Waals surface area contributed by atoms with Gasteiger partial charge in [0.05, 0.1) is 24.9 Å². The minimum Gasteiger partial charge on any atom is -0.495 e. The van der Waals surface area contributed by atoms with E-state index in [0.717, 1.165) is 63.2 Å². The SMILES string of the molecule is COc1cc(C(=O)N2CCC(N3CCN(C)CC3)CC2)ccc1Nc1ncc(-c2ccc(C#N)c(OC(C)Cn3cncn3)c2)cn1. The second kappa shape index (κ2) is 14.6. The fraction of sp³-hybridized carbons (Fsp3) is 0.412. The number of anilines is 2. The Morgan fingerprint density at radius 3 is 2.47 bits per heavy atom. The molecule has 2 aliphatic heterocycles. The van der Waals surface area contributed by atoms with Crippen LogP contribution in [-0.4, -0.2) is 111 Å².